The zero-order valence-corrected chi connectivity index (χ0v) is 10.7. The predicted octanol–water partition coefficient (Wildman–Crippen LogP) is 2.05. The van der Waals surface area contributed by atoms with E-state index in [0.29, 0.717) is 0 Å². The maximum Gasteiger partial charge on any atom is 0.0544 e. The first-order chi connectivity index (χ1) is 7.08. The van der Waals surface area contributed by atoms with Gasteiger partial charge in [0.15, 0.2) is 0 Å². The van der Waals surface area contributed by atoms with Crippen molar-refractivity contribution >= 4 is 15.9 Å². The molecule has 0 radical (unpaired) electrons. The summed E-state index contributed by atoms with van der Waals surface area (Å²) in [5.41, 5.74) is 1.05. The lowest BCUT2D eigenvalue weighted by molar-refractivity contribution is 0.162. The molecule has 0 aliphatic carbocycles. The lowest BCUT2D eigenvalue weighted by atomic mass is 10.2. The highest BCUT2D eigenvalue weighted by molar-refractivity contribution is 9.10. The van der Waals surface area contributed by atoms with E-state index in [1.54, 1.807) is 6.20 Å². The van der Waals surface area contributed by atoms with Gasteiger partial charge in [-0.2, -0.15) is 0 Å². The minimum absolute atomic E-state index is 0.231. The Morgan fingerprint density at radius 1 is 1.53 bits per heavy atom. The van der Waals surface area contributed by atoms with E-state index < -0.39 is 0 Å². The number of halogens is 1. The van der Waals surface area contributed by atoms with Gasteiger partial charge in [-0.25, -0.2) is 0 Å². The summed E-state index contributed by atoms with van der Waals surface area (Å²) in [5.74, 6) is 0. The molecule has 0 saturated carbocycles. The van der Waals surface area contributed by atoms with Gasteiger partial charge < -0.3 is 10.0 Å². The zero-order chi connectivity index (χ0) is 11.3. The minimum Gasteiger partial charge on any atom is -0.393 e. The second-order valence-electron chi connectivity index (χ2n) is 3.84. The molecule has 1 atom stereocenters. The summed E-state index contributed by atoms with van der Waals surface area (Å²) in [4.78, 5) is 6.45. The van der Waals surface area contributed by atoms with Crippen molar-refractivity contribution in [2.75, 3.05) is 13.6 Å². The largest absolute Gasteiger partial charge is 0.393 e. The molecule has 0 amide bonds. The molecule has 0 aliphatic heterocycles. The Morgan fingerprint density at radius 2 is 2.27 bits per heavy atom. The molecule has 0 fully saturated rings. The summed E-state index contributed by atoms with van der Waals surface area (Å²) in [6.45, 7) is 3.52. The summed E-state index contributed by atoms with van der Waals surface area (Å²) < 4.78 is 0.998. The monoisotopic (exact) mass is 272 g/mol. The van der Waals surface area contributed by atoms with Crippen molar-refractivity contribution in [3.05, 3.63) is 28.5 Å². The van der Waals surface area contributed by atoms with Gasteiger partial charge in [0.25, 0.3) is 0 Å². The van der Waals surface area contributed by atoms with E-state index in [0.717, 1.165) is 29.7 Å². The van der Waals surface area contributed by atoms with Crippen molar-refractivity contribution in [3.8, 4) is 0 Å². The van der Waals surface area contributed by atoms with Gasteiger partial charge in [0.2, 0.25) is 0 Å². The Morgan fingerprint density at radius 3 is 2.80 bits per heavy atom. The van der Waals surface area contributed by atoms with E-state index in [2.05, 4.69) is 25.8 Å². The van der Waals surface area contributed by atoms with Crippen LogP contribution in [-0.4, -0.2) is 34.7 Å². The number of nitrogens with zero attached hydrogens (tertiary/aromatic N) is 2. The summed E-state index contributed by atoms with van der Waals surface area (Å²) in [7, 11) is 2.03. The van der Waals surface area contributed by atoms with Gasteiger partial charge in [-0.15, -0.1) is 0 Å². The summed E-state index contributed by atoms with van der Waals surface area (Å²) >= 11 is 3.35. The SMILES string of the molecule is CC(O)CCN(C)Cc1ccc(Br)cn1. The van der Waals surface area contributed by atoms with Crippen molar-refractivity contribution in [3.63, 3.8) is 0 Å². The maximum absolute atomic E-state index is 9.16. The molecule has 0 saturated heterocycles. The second-order valence-corrected chi connectivity index (χ2v) is 4.76. The van der Waals surface area contributed by atoms with Gasteiger partial charge in [-0.1, -0.05) is 0 Å². The van der Waals surface area contributed by atoms with Crippen molar-refractivity contribution in [2.45, 2.75) is 26.0 Å². The molecule has 84 valence electrons. The molecule has 0 aromatic carbocycles. The Balaban J connectivity index is 2.37. The average molecular weight is 273 g/mol. The molecule has 3 nitrogen and oxygen atoms in total. The lowest BCUT2D eigenvalue weighted by Crippen LogP contribution is -2.22. The highest BCUT2D eigenvalue weighted by Crippen LogP contribution is 2.08. The van der Waals surface area contributed by atoms with E-state index in [1.807, 2.05) is 26.1 Å². The van der Waals surface area contributed by atoms with Crippen LogP contribution in [0.3, 0.4) is 0 Å². The minimum atomic E-state index is -0.231. The molecule has 1 N–H and O–H groups in total. The topological polar surface area (TPSA) is 36.4 Å². The van der Waals surface area contributed by atoms with Gasteiger partial charge in [0.05, 0.1) is 11.8 Å². The predicted molar refractivity (Wildman–Crippen MR) is 64.6 cm³/mol. The molecular formula is C11H17BrN2O. The second kappa shape index (κ2) is 6.20. The smallest absolute Gasteiger partial charge is 0.0544 e. The standard InChI is InChI=1S/C11H17BrN2O/c1-9(15)5-6-14(2)8-11-4-3-10(12)7-13-11/h3-4,7,9,15H,5-6,8H2,1-2H3. The van der Waals surface area contributed by atoms with Crippen molar-refractivity contribution in [1.29, 1.82) is 0 Å². The van der Waals surface area contributed by atoms with Crippen molar-refractivity contribution < 1.29 is 5.11 Å². The fraction of sp³-hybridized carbons (Fsp3) is 0.545. The number of aliphatic hydroxyl groups excluding tert-OH is 1. The first-order valence-corrected chi connectivity index (χ1v) is 5.84. The van der Waals surface area contributed by atoms with Gasteiger partial charge in [-0.05, 0) is 48.5 Å². The number of hydrogen-bond donors (Lipinski definition) is 1. The number of rotatable bonds is 5. The van der Waals surface area contributed by atoms with Gasteiger partial charge in [-0.3, -0.25) is 4.98 Å². The van der Waals surface area contributed by atoms with Crippen LogP contribution in [0.15, 0.2) is 22.8 Å². The third-order valence-electron chi connectivity index (χ3n) is 2.15. The van der Waals surface area contributed by atoms with E-state index in [9.17, 15) is 0 Å². The summed E-state index contributed by atoms with van der Waals surface area (Å²) in [6.07, 6.45) is 2.37. The van der Waals surface area contributed by atoms with Crippen molar-refractivity contribution in [2.24, 2.45) is 0 Å². The third kappa shape index (κ3) is 5.25. The van der Waals surface area contributed by atoms with E-state index in [4.69, 9.17) is 5.11 Å². The highest BCUT2D eigenvalue weighted by Gasteiger charge is 2.03. The van der Waals surface area contributed by atoms with Crippen LogP contribution in [0.1, 0.15) is 19.0 Å². The molecule has 0 aliphatic rings. The van der Waals surface area contributed by atoms with E-state index in [-0.39, 0.29) is 6.10 Å². The first-order valence-electron chi connectivity index (χ1n) is 5.05. The Hall–Kier alpha value is -0.450. The zero-order valence-electron chi connectivity index (χ0n) is 9.15. The number of aliphatic hydroxyl groups is 1. The summed E-state index contributed by atoms with van der Waals surface area (Å²) in [5, 5.41) is 9.16. The van der Waals surface area contributed by atoms with Crippen LogP contribution in [0.4, 0.5) is 0 Å². The Labute approximate surface area is 99.3 Å². The van der Waals surface area contributed by atoms with Crippen LogP contribution in [0.25, 0.3) is 0 Å². The molecule has 0 spiro atoms. The molecule has 4 heteroatoms. The Kier molecular flexibility index (Phi) is 5.22. The van der Waals surface area contributed by atoms with Crippen LogP contribution in [0.5, 0.6) is 0 Å². The highest BCUT2D eigenvalue weighted by atomic mass is 79.9. The quantitative estimate of drug-likeness (QED) is 0.892. The molecular weight excluding hydrogens is 256 g/mol. The van der Waals surface area contributed by atoms with Crippen LogP contribution in [-0.2, 0) is 6.54 Å². The number of hydrogen-bond acceptors (Lipinski definition) is 3. The van der Waals surface area contributed by atoms with Crippen molar-refractivity contribution in [1.82, 2.24) is 9.88 Å². The van der Waals surface area contributed by atoms with Crippen LogP contribution in [0, 0.1) is 0 Å². The van der Waals surface area contributed by atoms with Crippen LogP contribution in [0.2, 0.25) is 0 Å². The summed E-state index contributed by atoms with van der Waals surface area (Å²) in [6, 6.07) is 3.99. The lowest BCUT2D eigenvalue weighted by Gasteiger charge is -2.16. The molecule has 1 aromatic heterocycles. The van der Waals surface area contributed by atoms with E-state index in [1.165, 1.54) is 0 Å². The van der Waals surface area contributed by atoms with Gasteiger partial charge in [0.1, 0.15) is 0 Å². The normalized spacial score (nSPS) is 13.1. The maximum atomic E-state index is 9.16. The average Bonchev–Trinajstić information content (AvgIpc) is 2.19. The number of aromatic nitrogens is 1. The van der Waals surface area contributed by atoms with E-state index >= 15 is 0 Å². The number of pyridine rings is 1. The first kappa shape index (κ1) is 12.6. The fourth-order valence-electron chi connectivity index (χ4n) is 1.26. The van der Waals surface area contributed by atoms with Crippen LogP contribution < -0.4 is 0 Å². The Bertz CT molecular complexity index is 287. The molecule has 1 heterocycles. The van der Waals surface area contributed by atoms with Crippen LogP contribution >= 0.6 is 15.9 Å². The molecule has 1 aromatic rings. The molecule has 0 bridgehead atoms. The molecule has 1 rings (SSSR count). The fourth-order valence-corrected chi connectivity index (χ4v) is 1.50. The third-order valence-corrected chi connectivity index (χ3v) is 2.62. The molecule has 1 unspecified atom stereocenters. The van der Waals surface area contributed by atoms with Gasteiger partial charge >= 0.3 is 0 Å². The van der Waals surface area contributed by atoms with Gasteiger partial charge in [0, 0.05) is 23.8 Å². The molecule has 15 heavy (non-hydrogen) atoms.